The summed E-state index contributed by atoms with van der Waals surface area (Å²) in [5.41, 5.74) is 3.26. The standard InChI is InChI=1S/C31H26OP.HI/c32-24-25-16-18-26(19-17-25)27-20-22-31(23-21-27)33(28-10-4-1-5-11-28,29-12-6-2-7-13-29)30-14-8-3-9-15-30;/h1-23,32H,24H2;1H/q+1;/p-1. The second-order valence-electron chi connectivity index (χ2n) is 8.08. The van der Waals surface area contributed by atoms with Gasteiger partial charge in [-0.15, -0.1) is 0 Å². The molecule has 0 aliphatic heterocycles. The molecule has 0 unspecified atom stereocenters. The highest BCUT2D eigenvalue weighted by molar-refractivity contribution is 8.01. The van der Waals surface area contributed by atoms with Gasteiger partial charge in [0.05, 0.1) is 6.61 Å². The molecule has 1 nitrogen and oxygen atoms in total. The summed E-state index contributed by atoms with van der Waals surface area (Å²) in [6.07, 6.45) is 0. The lowest BCUT2D eigenvalue weighted by atomic mass is 10.0. The third kappa shape index (κ3) is 4.59. The van der Waals surface area contributed by atoms with Crippen LogP contribution in [0.3, 0.4) is 0 Å². The van der Waals surface area contributed by atoms with Crippen molar-refractivity contribution >= 4 is 28.5 Å². The molecule has 5 aromatic rings. The Labute approximate surface area is 219 Å². The highest BCUT2D eigenvalue weighted by Crippen LogP contribution is 2.54. The van der Waals surface area contributed by atoms with E-state index >= 15 is 0 Å². The highest BCUT2D eigenvalue weighted by Gasteiger charge is 2.47. The molecule has 0 fully saturated rings. The van der Waals surface area contributed by atoms with Gasteiger partial charge in [-0.2, -0.15) is 0 Å². The molecule has 5 rings (SSSR count). The fraction of sp³-hybridized carbons (Fsp3) is 0.0323. The third-order valence-electron chi connectivity index (χ3n) is 6.15. The molecule has 5 aromatic carbocycles. The van der Waals surface area contributed by atoms with E-state index in [9.17, 15) is 5.11 Å². The fourth-order valence-electron chi connectivity index (χ4n) is 4.53. The molecular weight excluding hydrogens is 546 g/mol. The molecule has 168 valence electrons. The molecule has 0 saturated heterocycles. The van der Waals surface area contributed by atoms with Gasteiger partial charge in [0.25, 0.3) is 0 Å². The number of rotatable bonds is 6. The van der Waals surface area contributed by atoms with Crippen molar-refractivity contribution in [1.82, 2.24) is 0 Å². The van der Waals surface area contributed by atoms with E-state index < -0.39 is 7.26 Å². The zero-order valence-corrected chi connectivity index (χ0v) is 21.8. The van der Waals surface area contributed by atoms with Gasteiger partial charge in [-0.25, -0.2) is 0 Å². The van der Waals surface area contributed by atoms with Crippen LogP contribution < -0.4 is 45.2 Å². The number of hydrogen-bond acceptors (Lipinski definition) is 1. The molecule has 34 heavy (non-hydrogen) atoms. The van der Waals surface area contributed by atoms with Gasteiger partial charge in [-0.05, 0) is 65.2 Å². The summed E-state index contributed by atoms with van der Waals surface area (Å²) in [5.74, 6) is 0. The van der Waals surface area contributed by atoms with Crippen LogP contribution >= 0.6 is 7.26 Å². The summed E-state index contributed by atoms with van der Waals surface area (Å²) in [4.78, 5) is 0. The van der Waals surface area contributed by atoms with E-state index in [4.69, 9.17) is 0 Å². The summed E-state index contributed by atoms with van der Waals surface area (Å²) >= 11 is 0. The number of aliphatic hydroxyl groups excluding tert-OH is 1. The molecule has 0 aromatic heterocycles. The number of benzene rings is 5. The third-order valence-corrected chi connectivity index (χ3v) is 10.4. The van der Waals surface area contributed by atoms with Crippen molar-refractivity contribution in [1.29, 1.82) is 0 Å². The SMILES string of the molecule is OCc1ccc(-c2ccc([P+](c3ccccc3)(c3ccccc3)c3ccccc3)cc2)cc1.[I-]. The summed E-state index contributed by atoms with van der Waals surface area (Å²) in [6.45, 7) is 0.0669. The minimum absolute atomic E-state index is 0. The van der Waals surface area contributed by atoms with E-state index in [1.54, 1.807) is 0 Å². The Kier molecular flexibility index (Phi) is 7.95. The average molecular weight is 572 g/mol. The van der Waals surface area contributed by atoms with Crippen molar-refractivity contribution in [3.63, 3.8) is 0 Å². The predicted octanol–water partition coefficient (Wildman–Crippen LogP) is 2.47. The molecule has 0 saturated carbocycles. The predicted molar refractivity (Wildman–Crippen MR) is 143 cm³/mol. The Morgan fingerprint density at radius 3 is 1.09 bits per heavy atom. The molecule has 0 amide bonds. The largest absolute Gasteiger partial charge is 1.00 e. The second-order valence-corrected chi connectivity index (χ2v) is 11.5. The van der Waals surface area contributed by atoms with Crippen LogP contribution in [-0.2, 0) is 6.61 Å². The van der Waals surface area contributed by atoms with Crippen LogP contribution in [0.5, 0.6) is 0 Å². The van der Waals surface area contributed by atoms with Crippen molar-refractivity contribution in [2.45, 2.75) is 6.61 Å². The Morgan fingerprint density at radius 2 is 0.735 bits per heavy atom. The van der Waals surface area contributed by atoms with Crippen LogP contribution in [0.25, 0.3) is 11.1 Å². The average Bonchev–Trinajstić information content (AvgIpc) is 2.91. The van der Waals surface area contributed by atoms with Crippen LogP contribution in [0.15, 0.2) is 140 Å². The van der Waals surface area contributed by atoms with E-state index in [1.165, 1.54) is 26.8 Å². The topological polar surface area (TPSA) is 20.2 Å². The normalized spacial score (nSPS) is 11.0. The highest BCUT2D eigenvalue weighted by atomic mass is 127. The second kappa shape index (κ2) is 11.1. The first kappa shape index (κ1) is 24.3. The maximum absolute atomic E-state index is 9.35. The van der Waals surface area contributed by atoms with Crippen molar-refractivity contribution in [2.75, 3.05) is 0 Å². The lowest BCUT2D eigenvalue weighted by Gasteiger charge is -2.27. The van der Waals surface area contributed by atoms with Crippen LogP contribution in [0, 0.1) is 0 Å². The van der Waals surface area contributed by atoms with Gasteiger partial charge in [-0.1, -0.05) is 91.0 Å². The zero-order chi connectivity index (χ0) is 22.5. The lowest BCUT2D eigenvalue weighted by Crippen LogP contribution is -3.00. The van der Waals surface area contributed by atoms with Gasteiger partial charge in [0.2, 0.25) is 0 Å². The lowest BCUT2D eigenvalue weighted by molar-refractivity contribution is -0.00000720. The molecule has 0 heterocycles. The van der Waals surface area contributed by atoms with Crippen molar-refractivity contribution in [3.05, 3.63) is 145 Å². The molecule has 0 aliphatic rings. The Bertz CT molecular complexity index is 1210. The maximum atomic E-state index is 9.35. The minimum atomic E-state index is -2.06. The Balaban J connectivity index is 0.00000274. The number of aliphatic hydroxyl groups is 1. The van der Waals surface area contributed by atoms with Crippen molar-refractivity contribution in [2.24, 2.45) is 0 Å². The van der Waals surface area contributed by atoms with Crippen molar-refractivity contribution in [3.8, 4) is 11.1 Å². The first-order valence-electron chi connectivity index (χ1n) is 11.2. The number of hydrogen-bond donors (Lipinski definition) is 1. The monoisotopic (exact) mass is 572 g/mol. The van der Waals surface area contributed by atoms with Gasteiger partial charge in [0.1, 0.15) is 28.5 Å². The summed E-state index contributed by atoms with van der Waals surface area (Å²) in [7, 11) is -2.06. The van der Waals surface area contributed by atoms with Gasteiger partial charge < -0.3 is 29.1 Å². The maximum Gasteiger partial charge on any atom is 0.144 e. The van der Waals surface area contributed by atoms with E-state index in [-0.39, 0.29) is 30.6 Å². The van der Waals surface area contributed by atoms with Gasteiger partial charge in [0, 0.05) is 0 Å². The molecule has 0 atom stereocenters. The molecular formula is C31H26IOP. The van der Waals surface area contributed by atoms with E-state index in [0.29, 0.717) is 0 Å². The van der Waals surface area contributed by atoms with Gasteiger partial charge in [-0.3, -0.25) is 0 Å². The van der Waals surface area contributed by atoms with Crippen molar-refractivity contribution < 1.29 is 29.1 Å². The molecule has 0 aliphatic carbocycles. The molecule has 0 radical (unpaired) electrons. The molecule has 0 bridgehead atoms. The quantitative estimate of drug-likeness (QED) is 0.245. The van der Waals surface area contributed by atoms with Crippen LogP contribution in [0.4, 0.5) is 0 Å². The smallest absolute Gasteiger partial charge is 0.144 e. The summed E-state index contributed by atoms with van der Waals surface area (Å²) in [5, 5.41) is 14.7. The van der Waals surface area contributed by atoms with Crippen LogP contribution in [0.1, 0.15) is 5.56 Å². The fourth-order valence-corrected chi connectivity index (χ4v) is 8.77. The molecule has 0 spiro atoms. The Morgan fingerprint density at radius 1 is 0.412 bits per heavy atom. The first-order chi connectivity index (χ1) is 16.3. The number of halogens is 1. The van der Waals surface area contributed by atoms with E-state index in [0.717, 1.165) is 11.1 Å². The van der Waals surface area contributed by atoms with Gasteiger partial charge in [0.15, 0.2) is 0 Å². The molecule has 3 heteroatoms. The molecule has 1 N–H and O–H groups in total. The van der Waals surface area contributed by atoms with E-state index in [1.807, 2.05) is 12.1 Å². The van der Waals surface area contributed by atoms with E-state index in [2.05, 4.69) is 127 Å². The Hall–Kier alpha value is -2.78. The van der Waals surface area contributed by atoms with Crippen LogP contribution in [0.2, 0.25) is 0 Å². The zero-order valence-electron chi connectivity index (χ0n) is 18.8. The summed E-state index contributed by atoms with van der Waals surface area (Å²) < 4.78 is 0. The first-order valence-corrected chi connectivity index (χ1v) is 13.0. The van der Waals surface area contributed by atoms with Crippen LogP contribution in [-0.4, -0.2) is 5.11 Å². The summed E-state index contributed by atoms with van der Waals surface area (Å²) in [6, 6.07) is 50.0. The minimum Gasteiger partial charge on any atom is -1.00 e. The van der Waals surface area contributed by atoms with Gasteiger partial charge >= 0.3 is 0 Å².